The summed E-state index contributed by atoms with van der Waals surface area (Å²) >= 11 is 0. The Hall–Kier alpha value is -2.75. The van der Waals surface area contributed by atoms with Crippen LogP contribution in [-0.4, -0.2) is 9.55 Å². The van der Waals surface area contributed by atoms with Crippen molar-refractivity contribution in [2.45, 2.75) is 0 Å². The van der Waals surface area contributed by atoms with Gasteiger partial charge in [-0.15, -0.1) is 0 Å². The summed E-state index contributed by atoms with van der Waals surface area (Å²) in [6.07, 6.45) is 3.55. The minimum Gasteiger partial charge on any atom is -0.296 e. The summed E-state index contributed by atoms with van der Waals surface area (Å²) in [5, 5.41) is 0.596. The Labute approximate surface area is 121 Å². The third-order valence-electron chi connectivity index (χ3n) is 3.31. The Morgan fingerprint density at radius 1 is 1.05 bits per heavy atom. The zero-order chi connectivity index (χ0) is 14.8. The number of benzene rings is 2. The number of aromatic nitrogens is 2. The van der Waals surface area contributed by atoms with E-state index >= 15 is 0 Å². The summed E-state index contributed by atoms with van der Waals surface area (Å²) in [7, 11) is 1.69. The summed E-state index contributed by atoms with van der Waals surface area (Å²) in [6, 6.07) is 13.4. The third kappa shape index (κ3) is 2.60. The zero-order valence-corrected chi connectivity index (χ0v) is 11.5. The molecule has 0 atom stereocenters. The molecule has 0 aliphatic rings. The maximum absolute atomic E-state index is 12.9. The van der Waals surface area contributed by atoms with Gasteiger partial charge in [-0.2, -0.15) is 0 Å². The SMILES string of the molecule is Cn1c(C=Cc2ccc(F)cc2)nc2ccccc2c1=O. The molecule has 4 heteroatoms. The van der Waals surface area contributed by atoms with Crippen LogP contribution in [0.5, 0.6) is 0 Å². The highest BCUT2D eigenvalue weighted by molar-refractivity contribution is 5.79. The zero-order valence-electron chi connectivity index (χ0n) is 11.5. The largest absolute Gasteiger partial charge is 0.296 e. The number of nitrogens with zero attached hydrogens (tertiary/aromatic N) is 2. The molecule has 0 spiro atoms. The van der Waals surface area contributed by atoms with Gasteiger partial charge in [0.2, 0.25) is 0 Å². The average molecular weight is 280 g/mol. The molecule has 0 unspecified atom stereocenters. The van der Waals surface area contributed by atoms with E-state index in [1.165, 1.54) is 16.7 Å². The van der Waals surface area contributed by atoms with Gasteiger partial charge >= 0.3 is 0 Å². The van der Waals surface area contributed by atoms with Gasteiger partial charge in [-0.25, -0.2) is 9.37 Å². The van der Waals surface area contributed by atoms with Gasteiger partial charge in [0.15, 0.2) is 0 Å². The van der Waals surface area contributed by atoms with Crippen LogP contribution in [0.4, 0.5) is 4.39 Å². The highest BCUT2D eigenvalue weighted by atomic mass is 19.1. The molecule has 21 heavy (non-hydrogen) atoms. The van der Waals surface area contributed by atoms with Crippen molar-refractivity contribution in [1.29, 1.82) is 0 Å². The fourth-order valence-electron chi connectivity index (χ4n) is 2.13. The van der Waals surface area contributed by atoms with E-state index in [0.717, 1.165) is 5.56 Å². The molecule has 0 fully saturated rings. The second-order valence-corrected chi connectivity index (χ2v) is 4.74. The van der Waals surface area contributed by atoms with Crippen molar-refractivity contribution in [3.05, 3.63) is 76.1 Å². The predicted molar refractivity (Wildman–Crippen MR) is 82.3 cm³/mol. The molecule has 0 bridgehead atoms. The van der Waals surface area contributed by atoms with E-state index in [9.17, 15) is 9.18 Å². The molecule has 0 aliphatic carbocycles. The lowest BCUT2D eigenvalue weighted by Gasteiger charge is -2.05. The maximum atomic E-state index is 12.9. The maximum Gasteiger partial charge on any atom is 0.261 e. The molecule has 3 nitrogen and oxygen atoms in total. The van der Waals surface area contributed by atoms with E-state index in [1.54, 1.807) is 37.4 Å². The van der Waals surface area contributed by atoms with Crippen molar-refractivity contribution in [2.75, 3.05) is 0 Å². The van der Waals surface area contributed by atoms with Crippen molar-refractivity contribution in [3.63, 3.8) is 0 Å². The van der Waals surface area contributed by atoms with E-state index in [2.05, 4.69) is 4.98 Å². The second kappa shape index (κ2) is 5.32. The molecule has 3 aromatic rings. The summed E-state index contributed by atoms with van der Waals surface area (Å²) in [5.41, 5.74) is 1.43. The molecule has 0 saturated carbocycles. The van der Waals surface area contributed by atoms with Crippen molar-refractivity contribution in [2.24, 2.45) is 7.05 Å². The summed E-state index contributed by atoms with van der Waals surface area (Å²) in [4.78, 5) is 16.7. The number of halogens is 1. The Morgan fingerprint density at radius 3 is 2.52 bits per heavy atom. The second-order valence-electron chi connectivity index (χ2n) is 4.74. The molecule has 0 aliphatic heterocycles. The number of hydrogen-bond donors (Lipinski definition) is 0. The Bertz CT molecular complexity index is 879. The van der Waals surface area contributed by atoms with Gasteiger partial charge in [0, 0.05) is 7.05 Å². The van der Waals surface area contributed by atoms with Crippen molar-refractivity contribution >= 4 is 23.1 Å². The summed E-state index contributed by atoms with van der Waals surface area (Å²) < 4.78 is 14.4. The lowest BCUT2D eigenvalue weighted by Crippen LogP contribution is -2.20. The van der Waals surface area contributed by atoms with Crippen LogP contribution in [-0.2, 0) is 7.05 Å². The Kier molecular flexibility index (Phi) is 3.36. The molecule has 2 aromatic carbocycles. The fourth-order valence-corrected chi connectivity index (χ4v) is 2.13. The number of hydrogen-bond acceptors (Lipinski definition) is 2. The number of fused-ring (bicyclic) bond motifs is 1. The number of para-hydroxylation sites is 1. The molecular formula is C17H13FN2O. The quantitative estimate of drug-likeness (QED) is 0.722. The van der Waals surface area contributed by atoms with E-state index < -0.39 is 0 Å². The van der Waals surface area contributed by atoms with Gasteiger partial charge < -0.3 is 0 Å². The van der Waals surface area contributed by atoms with E-state index in [-0.39, 0.29) is 11.4 Å². The van der Waals surface area contributed by atoms with Crippen molar-refractivity contribution < 1.29 is 4.39 Å². The van der Waals surface area contributed by atoms with Crippen LogP contribution in [0.2, 0.25) is 0 Å². The van der Waals surface area contributed by atoms with E-state index in [4.69, 9.17) is 0 Å². The normalized spacial score (nSPS) is 11.3. The van der Waals surface area contributed by atoms with Crippen LogP contribution in [0, 0.1) is 5.82 Å². The first-order chi connectivity index (χ1) is 10.1. The molecule has 104 valence electrons. The van der Waals surface area contributed by atoms with Gasteiger partial charge in [0.1, 0.15) is 11.6 Å². The molecule has 1 aromatic heterocycles. The Balaban J connectivity index is 2.06. The summed E-state index contributed by atoms with van der Waals surface area (Å²) in [5.74, 6) is 0.284. The van der Waals surface area contributed by atoms with Gasteiger partial charge in [-0.3, -0.25) is 9.36 Å². The lowest BCUT2D eigenvalue weighted by molar-refractivity contribution is 0.628. The van der Waals surface area contributed by atoms with Crippen LogP contribution in [0.3, 0.4) is 0 Å². The monoisotopic (exact) mass is 280 g/mol. The minimum absolute atomic E-state index is 0.0839. The topological polar surface area (TPSA) is 34.9 Å². The summed E-state index contributed by atoms with van der Waals surface area (Å²) in [6.45, 7) is 0. The highest BCUT2D eigenvalue weighted by Crippen LogP contribution is 2.10. The first kappa shape index (κ1) is 13.2. The molecule has 0 radical (unpaired) electrons. The highest BCUT2D eigenvalue weighted by Gasteiger charge is 2.04. The van der Waals surface area contributed by atoms with Gasteiger partial charge in [0.05, 0.1) is 10.9 Å². The Morgan fingerprint density at radius 2 is 1.76 bits per heavy atom. The first-order valence-corrected chi connectivity index (χ1v) is 6.54. The lowest BCUT2D eigenvalue weighted by atomic mass is 10.2. The van der Waals surface area contributed by atoms with Crippen LogP contribution < -0.4 is 5.56 Å². The van der Waals surface area contributed by atoms with Crippen LogP contribution in [0.1, 0.15) is 11.4 Å². The third-order valence-corrected chi connectivity index (χ3v) is 3.31. The molecule has 0 amide bonds. The van der Waals surface area contributed by atoms with E-state index in [0.29, 0.717) is 16.7 Å². The first-order valence-electron chi connectivity index (χ1n) is 6.54. The molecule has 1 heterocycles. The molecular weight excluding hydrogens is 267 g/mol. The van der Waals surface area contributed by atoms with Crippen molar-refractivity contribution in [1.82, 2.24) is 9.55 Å². The van der Waals surface area contributed by atoms with Gasteiger partial charge in [0.25, 0.3) is 5.56 Å². The molecule has 0 N–H and O–H groups in total. The molecule has 3 rings (SSSR count). The standard InChI is InChI=1S/C17H13FN2O/c1-20-16(11-8-12-6-9-13(18)10-7-12)19-15-5-3-2-4-14(15)17(20)21/h2-11H,1H3. The van der Waals surface area contributed by atoms with E-state index in [1.807, 2.05) is 18.2 Å². The van der Waals surface area contributed by atoms with Crippen molar-refractivity contribution in [3.8, 4) is 0 Å². The minimum atomic E-state index is -0.275. The smallest absolute Gasteiger partial charge is 0.261 e. The van der Waals surface area contributed by atoms with Crippen LogP contribution in [0.15, 0.2) is 53.3 Å². The molecule has 0 saturated heterocycles. The van der Waals surface area contributed by atoms with Gasteiger partial charge in [-0.05, 0) is 35.9 Å². The van der Waals surface area contributed by atoms with Gasteiger partial charge in [-0.1, -0.05) is 30.3 Å². The predicted octanol–water partition coefficient (Wildman–Crippen LogP) is 3.24. The van der Waals surface area contributed by atoms with Crippen LogP contribution in [0.25, 0.3) is 23.1 Å². The fraction of sp³-hybridized carbons (Fsp3) is 0.0588. The average Bonchev–Trinajstić information content (AvgIpc) is 2.51. The number of rotatable bonds is 2. The van der Waals surface area contributed by atoms with Crippen LogP contribution >= 0.6 is 0 Å².